The topological polar surface area (TPSA) is 98.3 Å². The number of hydrogen-bond acceptors (Lipinski definition) is 8. The minimum atomic E-state index is -3.66. The van der Waals surface area contributed by atoms with Gasteiger partial charge in [0.15, 0.2) is 5.13 Å². The lowest BCUT2D eigenvalue weighted by molar-refractivity contribution is -0.123. The predicted octanol–water partition coefficient (Wildman–Crippen LogP) is 4.58. The molecule has 3 heterocycles. The molecule has 204 valence electrons. The number of nitrogens with zero attached hydrogens (tertiary/aromatic N) is 3. The first kappa shape index (κ1) is 27.1. The number of sulfonamides is 1. The van der Waals surface area contributed by atoms with Crippen LogP contribution in [0, 0.1) is 5.92 Å². The van der Waals surface area contributed by atoms with Crippen LogP contribution in [-0.4, -0.2) is 70.2 Å². The maximum atomic E-state index is 13.9. The molecule has 0 aliphatic carbocycles. The van der Waals surface area contributed by atoms with Gasteiger partial charge in [-0.2, -0.15) is 4.31 Å². The summed E-state index contributed by atoms with van der Waals surface area (Å²) < 4.78 is 45.4. The fraction of sp³-hybridized carbons (Fsp3) is 0.462. The first-order valence-electron chi connectivity index (χ1n) is 12.5. The van der Waals surface area contributed by atoms with Crippen molar-refractivity contribution >= 4 is 54.2 Å². The van der Waals surface area contributed by atoms with Crippen LogP contribution < -0.4 is 14.4 Å². The molecule has 0 radical (unpaired) electrons. The Bertz CT molecular complexity index is 1360. The van der Waals surface area contributed by atoms with E-state index in [0.717, 1.165) is 17.5 Å². The van der Waals surface area contributed by atoms with Crippen LogP contribution in [0.25, 0.3) is 10.2 Å². The third kappa shape index (κ3) is 5.35. The van der Waals surface area contributed by atoms with E-state index >= 15 is 0 Å². The molecule has 12 heteroatoms. The minimum Gasteiger partial charge on any atom is -0.495 e. The van der Waals surface area contributed by atoms with E-state index in [2.05, 4.69) is 0 Å². The molecule has 3 aromatic rings. The number of carbonyl (C=O) groups excluding carboxylic acids is 1. The number of halogens is 1. The lowest BCUT2D eigenvalue weighted by atomic mass is 9.96. The number of anilines is 1. The van der Waals surface area contributed by atoms with E-state index in [1.165, 1.54) is 27.8 Å². The summed E-state index contributed by atoms with van der Waals surface area (Å²) in [5.41, 5.74) is 0.640. The van der Waals surface area contributed by atoms with Gasteiger partial charge in [-0.15, -0.1) is 0 Å². The molecule has 1 atom stereocenters. The zero-order chi connectivity index (χ0) is 26.9. The third-order valence-corrected chi connectivity index (χ3v) is 10.3. The SMILES string of the molecule is COc1ccc(OC)c2sc(N(CC3CCCO3)C(=O)C3CCN(S(=O)(=O)c4ccc(Cl)cc4)CC3)nc12. The summed E-state index contributed by atoms with van der Waals surface area (Å²) in [5, 5.41) is 1.03. The monoisotopic (exact) mass is 579 g/mol. The van der Waals surface area contributed by atoms with Crippen molar-refractivity contribution in [3.8, 4) is 11.5 Å². The van der Waals surface area contributed by atoms with Gasteiger partial charge in [0.05, 0.1) is 31.8 Å². The number of methoxy groups -OCH3 is 2. The smallest absolute Gasteiger partial charge is 0.243 e. The lowest BCUT2D eigenvalue weighted by Gasteiger charge is -2.33. The van der Waals surface area contributed by atoms with Crippen molar-refractivity contribution in [2.24, 2.45) is 5.92 Å². The van der Waals surface area contributed by atoms with E-state index in [4.69, 9.17) is 30.8 Å². The highest BCUT2D eigenvalue weighted by Gasteiger charge is 2.36. The van der Waals surface area contributed by atoms with E-state index in [1.807, 2.05) is 6.07 Å². The highest BCUT2D eigenvalue weighted by Crippen LogP contribution is 2.41. The Morgan fingerprint density at radius 3 is 2.42 bits per heavy atom. The molecule has 2 aliphatic rings. The average Bonchev–Trinajstić information content (AvgIpc) is 3.61. The number of carbonyl (C=O) groups is 1. The molecule has 1 aromatic heterocycles. The Morgan fingerprint density at radius 1 is 1.11 bits per heavy atom. The second-order valence-electron chi connectivity index (χ2n) is 9.36. The van der Waals surface area contributed by atoms with Crippen molar-refractivity contribution in [3.05, 3.63) is 41.4 Å². The molecular weight excluding hydrogens is 550 g/mol. The Hall–Kier alpha value is -2.44. The summed E-state index contributed by atoms with van der Waals surface area (Å²) in [6, 6.07) is 9.77. The van der Waals surface area contributed by atoms with Gasteiger partial charge in [-0.3, -0.25) is 9.69 Å². The molecule has 0 saturated carbocycles. The second-order valence-corrected chi connectivity index (χ2v) is 12.7. The van der Waals surface area contributed by atoms with Crippen LogP contribution in [0.5, 0.6) is 11.5 Å². The number of thiazole rings is 1. The summed E-state index contributed by atoms with van der Waals surface area (Å²) in [7, 11) is -0.476. The largest absolute Gasteiger partial charge is 0.495 e. The number of fused-ring (bicyclic) bond motifs is 1. The number of amides is 1. The normalized spacial score (nSPS) is 19.1. The van der Waals surface area contributed by atoms with Crippen molar-refractivity contribution in [1.29, 1.82) is 0 Å². The number of ether oxygens (including phenoxy) is 3. The van der Waals surface area contributed by atoms with Gasteiger partial charge < -0.3 is 14.2 Å². The van der Waals surface area contributed by atoms with Crippen molar-refractivity contribution in [1.82, 2.24) is 9.29 Å². The molecule has 0 bridgehead atoms. The summed E-state index contributed by atoms with van der Waals surface area (Å²) in [4.78, 5) is 20.6. The summed E-state index contributed by atoms with van der Waals surface area (Å²) in [6.45, 7) is 1.59. The van der Waals surface area contributed by atoms with Gasteiger partial charge in [-0.05, 0) is 62.1 Å². The fourth-order valence-corrected chi connectivity index (χ4v) is 7.65. The third-order valence-electron chi connectivity index (χ3n) is 7.06. The molecule has 0 N–H and O–H groups in total. The van der Waals surface area contributed by atoms with Crippen LogP contribution >= 0.6 is 22.9 Å². The summed E-state index contributed by atoms with van der Waals surface area (Å²) in [5.74, 6) is 0.869. The molecule has 2 saturated heterocycles. The molecule has 5 rings (SSSR count). The van der Waals surface area contributed by atoms with E-state index in [0.29, 0.717) is 53.2 Å². The van der Waals surface area contributed by atoms with Crippen LogP contribution in [0.15, 0.2) is 41.3 Å². The Balaban J connectivity index is 1.38. The van der Waals surface area contributed by atoms with Crippen LogP contribution in [0.4, 0.5) is 5.13 Å². The van der Waals surface area contributed by atoms with Gasteiger partial charge >= 0.3 is 0 Å². The molecule has 38 heavy (non-hydrogen) atoms. The van der Waals surface area contributed by atoms with E-state index in [1.54, 1.807) is 37.3 Å². The highest BCUT2D eigenvalue weighted by molar-refractivity contribution is 7.89. The van der Waals surface area contributed by atoms with Crippen LogP contribution in [0.3, 0.4) is 0 Å². The molecule has 1 unspecified atom stereocenters. The molecule has 0 spiro atoms. The van der Waals surface area contributed by atoms with Gasteiger partial charge in [-0.1, -0.05) is 22.9 Å². The lowest BCUT2D eigenvalue weighted by Crippen LogP contribution is -2.46. The predicted molar refractivity (Wildman–Crippen MR) is 147 cm³/mol. The van der Waals surface area contributed by atoms with Crippen molar-refractivity contribution in [2.75, 3.05) is 45.4 Å². The van der Waals surface area contributed by atoms with Gasteiger partial charge in [0, 0.05) is 30.6 Å². The first-order chi connectivity index (χ1) is 18.3. The Kier molecular flexibility index (Phi) is 8.11. The van der Waals surface area contributed by atoms with Gasteiger partial charge in [-0.25, -0.2) is 13.4 Å². The summed E-state index contributed by atoms with van der Waals surface area (Å²) in [6.07, 6.45) is 2.60. The maximum absolute atomic E-state index is 13.9. The molecule has 9 nitrogen and oxygen atoms in total. The Labute approximate surface area is 231 Å². The number of hydrogen-bond donors (Lipinski definition) is 0. The van der Waals surface area contributed by atoms with Crippen molar-refractivity contribution in [2.45, 2.75) is 36.7 Å². The highest BCUT2D eigenvalue weighted by atomic mass is 35.5. The van der Waals surface area contributed by atoms with Crippen LogP contribution in [-0.2, 0) is 19.6 Å². The standard InChI is InChI=1S/C26H30ClN3O6S2/c1-34-21-9-10-22(35-2)24-23(21)28-26(37-24)30(16-19-4-3-15-36-19)25(31)17-11-13-29(14-12-17)38(32,33)20-7-5-18(27)6-8-20/h5-10,17,19H,3-4,11-16H2,1-2H3. The number of aromatic nitrogens is 1. The maximum Gasteiger partial charge on any atom is 0.243 e. The Morgan fingerprint density at radius 2 is 1.79 bits per heavy atom. The zero-order valence-electron chi connectivity index (χ0n) is 21.3. The van der Waals surface area contributed by atoms with Crippen molar-refractivity contribution in [3.63, 3.8) is 0 Å². The van der Waals surface area contributed by atoms with E-state index in [9.17, 15) is 13.2 Å². The van der Waals surface area contributed by atoms with E-state index < -0.39 is 10.0 Å². The zero-order valence-corrected chi connectivity index (χ0v) is 23.7. The number of piperidine rings is 1. The van der Waals surface area contributed by atoms with Crippen molar-refractivity contribution < 1.29 is 27.4 Å². The first-order valence-corrected chi connectivity index (χ1v) is 15.2. The summed E-state index contributed by atoms with van der Waals surface area (Å²) >= 11 is 7.31. The minimum absolute atomic E-state index is 0.0685. The molecule has 2 aliphatic heterocycles. The van der Waals surface area contributed by atoms with E-state index in [-0.39, 0.29) is 35.9 Å². The fourth-order valence-electron chi connectivity index (χ4n) is 4.96. The van der Waals surface area contributed by atoms with Crippen LogP contribution in [0.2, 0.25) is 5.02 Å². The number of benzene rings is 2. The average molecular weight is 580 g/mol. The van der Waals surface area contributed by atoms with Crippen LogP contribution in [0.1, 0.15) is 25.7 Å². The molecule has 2 aromatic carbocycles. The molecule has 1 amide bonds. The quantitative estimate of drug-likeness (QED) is 0.385. The van der Waals surface area contributed by atoms with Gasteiger partial charge in [0.2, 0.25) is 15.9 Å². The number of rotatable bonds is 8. The van der Waals surface area contributed by atoms with Gasteiger partial charge in [0.25, 0.3) is 0 Å². The second kappa shape index (κ2) is 11.4. The molecular formula is C26H30ClN3O6S2. The molecule has 2 fully saturated rings. The van der Waals surface area contributed by atoms with Gasteiger partial charge in [0.1, 0.15) is 21.7 Å².